The molecule has 0 amide bonds. The van der Waals surface area contributed by atoms with Crippen molar-refractivity contribution in [2.75, 3.05) is 6.54 Å². The van der Waals surface area contributed by atoms with Gasteiger partial charge in [-0.3, -0.25) is 4.98 Å². The number of rotatable bonds is 2. The maximum absolute atomic E-state index is 5.63. The molecular weight excluding hydrogens is 176 g/mol. The Morgan fingerprint density at radius 1 is 1.57 bits per heavy atom. The minimum Gasteiger partial charge on any atom is -0.330 e. The predicted molar refractivity (Wildman–Crippen MR) is 56.0 cm³/mol. The van der Waals surface area contributed by atoms with Gasteiger partial charge in [0.15, 0.2) is 0 Å². The molecule has 1 unspecified atom stereocenters. The molecule has 2 aromatic heterocycles. The monoisotopic (exact) mass is 190 g/mol. The highest BCUT2D eigenvalue weighted by molar-refractivity contribution is 5.74. The van der Waals surface area contributed by atoms with Gasteiger partial charge in [-0.1, -0.05) is 6.92 Å². The smallest absolute Gasteiger partial charge is 0.113 e. The van der Waals surface area contributed by atoms with Crippen molar-refractivity contribution in [3.63, 3.8) is 0 Å². The van der Waals surface area contributed by atoms with Crippen LogP contribution in [0.4, 0.5) is 0 Å². The molecule has 0 saturated carbocycles. The van der Waals surface area contributed by atoms with Crippen molar-refractivity contribution in [3.05, 3.63) is 24.3 Å². The molecule has 2 N–H and O–H groups in total. The van der Waals surface area contributed by atoms with E-state index in [1.807, 2.05) is 19.3 Å². The second kappa shape index (κ2) is 3.38. The van der Waals surface area contributed by atoms with Crippen LogP contribution in [0.1, 0.15) is 18.7 Å². The van der Waals surface area contributed by atoms with E-state index in [2.05, 4.69) is 21.5 Å². The van der Waals surface area contributed by atoms with E-state index in [1.165, 1.54) is 0 Å². The summed E-state index contributed by atoms with van der Waals surface area (Å²) in [7, 11) is 2.00. The normalized spacial score (nSPS) is 13.4. The third-order valence-electron chi connectivity index (χ3n) is 2.51. The Kier molecular flexibility index (Phi) is 2.21. The minimum absolute atomic E-state index is 0.285. The number of aromatic nitrogens is 3. The zero-order chi connectivity index (χ0) is 10.1. The number of imidazole rings is 1. The molecule has 2 aromatic rings. The molecule has 0 bridgehead atoms. The Hall–Kier alpha value is -1.42. The molecule has 4 nitrogen and oxygen atoms in total. The summed E-state index contributed by atoms with van der Waals surface area (Å²) in [5.74, 6) is 1.31. The molecule has 2 heterocycles. The van der Waals surface area contributed by atoms with E-state index in [9.17, 15) is 0 Å². The first-order valence-electron chi connectivity index (χ1n) is 4.70. The highest BCUT2D eigenvalue weighted by Gasteiger charge is 2.12. The van der Waals surface area contributed by atoms with Crippen LogP contribution in [0.5, 0.6) is 0 Å². The summed E-state index contributed by atoms with van der Waals surface area (Å²) in [5.41, 5.74) is 7.67. The fourth-order valence-electron chi connectivity index (χ4n) is 1.60. The average molecular weight is 190 g/mol. The Bertz CT molecular complexity index is 446. The molecule has 2 rings (SSSR count). The fraction of sp³-hybridized carbons (Fsp3) is 0.400. The molecule has 0 aliphatic rings. The summed E-state index contributed by atoms with van der Waals surface area (Å²) in [4.78, 5) is 8.61. The second-order valence-electron chi connectivity index (χ2n) is 3.53. The predicted octanol–water partition coefficient (Wildman–Crippen LogP) is 1.03. The zero-order valence-corrected chi connectivity index (χ0v) is 8.44. The zero-order valence-electron chi connectivity index (χ0n) is 8.44. The number of fused-ring (bicyclic) bond motifs is 1. The van der Waals surface area contributed by atoms with Crippen molar-refractivity contribution in [2.24, 2.45) is 12.8 Å². The summed E-state index contributed by atoms with van der Waals surface area (Å²) in [6.07, 6.45) is 3.58. The van der Waals surface area contributed by atoms with E-state index < -0.39 is 0 Å². The van der Waals surface area contributed by atoms with Gasteiger partial charge in [0.1, 0.15) is 5.82 Å². The number of hydrogen-bond acceptors (Lipinski definition) is 3. The average Bonchev–Trinajstić information content (AvgIpc) is 2.56. The Morgan fingerprint density at radius 2 is 2.36 bits per heavy atom. The van der Waals surface area contributed by atoms with Crippen molar-refractivity contribution in [1.82, 2.24) is 14.5 Å². The van der Waals surface area contributed by atoms with Crippen LogP contribution in [0.2, 0.25) is 0 Å². The van der Waals surface area contributed by atoms with Crippen LogP contribution in [0.3, 0.4) is 0 Å². The third-order valence-corrected chi connectivity index (χ3v) is 2.51. The van der Waals surface area contributed by atoms with Gasteiger partial charge < -0.3 is 10.3 Å². The molecule has 1 atom stereocenters. The van der Waals surface area contributed by atoms with Gasteiger partial charge in [-0.05, 0) is 6.07 Å². The lowest BCUT2D eigenvalue weighted by atomic mass is 10.2. The van der Waals surface area contributed by atoms with Crippen molar-refractivity contribution >= 4 is 11.0 Å². The lowest BCUT2D eigenvalue weighted by Gasteiger charge is -2.07. The van der Waals surface area contributed by atoms with Gasteiger partial charge in [-0.2, -0.15) is 0 Å². The number of pyridine rings is 1. The Labute approximate surface area is 82.8 Å². The molecule has 0 aliphatic carbocycles. The van der Waals surface area contributed by atoms with E-state index in [-0.39, 0.29) is 5.92 Å². The van der Waals surface area contributed by atoms with Crippen molar-refractivity contribution in [1.29, 1.82) is 0 Å². The lowest BCUT2D eigenvalue weighted by molar-refractivity contribution is 0.676. The van der Waals surface area contributed by atoms with Crippen LogP contribution in [0.25, 0.3) is 11.0 Å². The quantitative estimate of drug-likeness (QED) is 0.769. The van der Waals surface area contributed by atoms with E-state index in [0.717, 1.165) is 16.9 Å². The maximum atomic E-state index is 5.63. The number of nitrogens with zero attached hydrogens (tertiary/aromatic N) is 3. The van der Waals surface area contributed by atoms with Crippen LogP contribution < -0.4 is 5.73 Å². The molecule has 74 valence electrons. The van der Waals surface area contributed by atoms with Gasteiger partial charge in [0.25, 0.3) is 0 Å². The van der Waals surface area contributed by atoms with Crippen molar-refractivity contribution < 1.29 is 0 Å². The fourth-order valence-corrected chi connectivity index (χ4v) is 1.60. The SMILES string of the molecule is CC(CN)c1nc2ccncc2n1C. The highest BCUT2D eigenvalue weighted by atomic mass is 15.1. The highest BCUT2D eigenvalue weighted by Crippen LogP contribution is 2.18. The molecule has 0 aliphatic heterocycles. The molecule has 0 radical (unpaired) electrons. The minimum atomic E-state index is 0.285. The van der Waals surface area contributed by atoms with Gasteiger partial charge in [0.05, 0.1) is 17.2 Å². The molecule has 14 heavy (non-hydrogen) atoms. The van der Waals surface area contributed by atoms with E-state index in [4.69, 9.17) is 5.73 Å². The largest absolute Gasteiger partial charge is 0.330 e. The summed E-state index contributed by atoms with van der Waals surface area (Å²) < 4.78 is 2.06. The molecule has 0 spiro atoms. The topological polar surface area (TPSA) is 56.7 Å². The number of hydrogen-bond donors (Lipinski definition) is 1. The van der Waals surface area contributed by atoms with E-state index >= 15 is 0 Å². The van der Waals surface area contributed by atoms with Crippen molar-refractivity contribution in [3.8, 4) is 0 Å². The Balaban J connectivity index is 2.62. The standard InChI is InChI=1S/C10H14N4/c1-7(5-11)10-13-8-3-4-12-6-9(8)14(10)2/h3-4,6-7H,5,11H2,1-2H3. The van der Waals surface area contributed by atoms with Gasteiger partial charge in [-0.25, -0.2) is 4.98 Å². The summed E-state index contributed by atoms with van der Waals surface area (Å²) in [6, 6.07) is 1.92. The van der Waals surface area contributed by atoms with E-state index in [1.54, 1.807) is 6.20 Å². The van der Waals surface area contributed by atoms with Gasteiger partial charge in [0, 0.05) is 25.7 Å². The van der Waals surface area contributed by atoms with Crippen molar-refractivity contribution in [2.45, 2.75) is 12.8 Å². The molecule has 4 heteroatoms. The molecule has 0 saturated heterocycles. The third kappa shape index (κ3) is 1.28. The van der Waals surface area contributed by atoms with Gasteiger partial charge >= 0.3 is 0 Å². The van der Waals surface area contributed by atoms with Crippen LogP contribution >= 0.6 is 0 Å². The second-order valence-corrected chi connectivity index (χ2v) is 3.53. The lowest BCUT2D eigenvalue weighted by Crippen LogP contribution is -2.13. The van der Waals surface area contributed by atoms with Crippen LogP contribution in [0.15, 0.2) is 18.5 Å². The summed E-state index contributed by atoms with van der Waals surface area (Å²) >= 11 is 0. The molecular formula is C10H14N4. The maximum Gasteiger partial charge on any atom is 0.113 e. The van der Waals surface area contributed by atoms with Crippen LogP contribution in [0, 0.1) is 0 Å². The summed E-state index contributed by atoms with van der Waals surface area (Å²) in [6.45, 7) is 2.69. The Morgan fingerprint density at radius 3 is 3.00 bits per heavy atom. The first-order valence-corrected chi connectivity index (χ1v) is 4.70. The van der Waals surface area contributed by atoms with Gasteiger partial charge in [-0.15, -0.1) is 0 Å². The summed E-state index contributed by atoms with van der Waals surface area (Å²) in [5, 5.41) is 0. The van der Waals surface area contributed by atoms with Gasteiger partial charge in [0.2, 0.25) is 0 Å². The van der Waals surface area contributed by atoms with Crippen LogP contribution in [-0.2, 0) is 7.05 Å². The molecule has 0 aromatic carbocycles. The first-order chi connectivity index (χ1) is 6.74. The molecule has 0 fully saturated rings. The van der Waals surface area contributed by atoms with E-state index in [0.29, 0.717) is 6.54 Å². The number of nitrogens with two attached hydrogens (primary N) is 1. The first kappa shape index (κ1) is 9.15. The number of aryl methyl sites for hydroxylation is 1. The van der Waals surface area contributed by atoms with Crippen LogP contribution in [-0.4, -0.2) is 21.1 Å².